The second-order valence-corrected chi connectivity index (χ2v) is 7.08. The van der Waals surface area contributed by atoms with Gasteiger partial charge in [0.05, 0.1) is 5.69 Å². The van der Waals surface area contributed by atoms with E-state index < -0.39 is 17.8 Å². The molecule has 6 heteroatoms. The van der Waals surface area contributed by atoms with Gasteiger partial charge >= 0.3 is 6.03 Å². The third kappa shape index (κ3) is 3.41. The van der Waals surface area contributed by atoms with Crippen LogP contribution >= 0.6 is 0 Å². The van der Waals surface area contributed by atoms with Crippen molar-refractivity contribution in [3.8, 4) is 0 Å². The first-order valence-corrected chi connectivity index (χ1v) is 9.36. The molecule has 2 aliphatic heterocycles. The van der Waals surface area contributed by atoms with Crippen LogP contribution < -0.4 is 15.1 Å². The molecule has 2 aromatic rings. The molecular weight excluding hydrogens is 354 g/mol. The van der Waals surface area contributed by atoms with Gasteiger partial charge in [0.1, 0.15) is 5.57 Å². The molecule has 0 spiro atoms. The first kappa shape index (κ1) is 18.0. The summed E-state index contributed by atoms with van der Waals surface area (Å²) in [7, 11) is 0. The highest BCUT2D eigenvalue weighted by Gasteiger charge is 2.36. The minimum absolute atomic E-state index is 0.0602. The van der Waals surface area contributed by atoms with E-state index in [4.69, 9.17) is 0 Å². The summed E-state index contributed by atoms with van der Waals surface area (Å²) in [5.74, 6) is -1.30. The Balaban J connectivity index is 1.63. The number of urea groups is 1. The lowest BCUT2D eigenvalue weighted by atomic mass is 10.1. The third-order valence-electron chi connectivity index (χ3n) is 5.04. The fourth-order valence-electron chi connectivity index (χ4n) is 3.58. The molecule has 2 saturated heterocycles. The van der Waals surface area contributed by atoms with Crippen LogP contribution in [0.1, 0.15) is 24.0 Å². The number of hydrogen-bond acceptors (Lipinski definition) is 4. The van der Waals surface area contributed by atoms with Crippen LogP contribution in [0.4, 0.5) is 16.2 Å². The molecule has 0 aromatic heterocycles. The maximum absolute atomic E-state index is 12.9. The summed E-state index contributed by atoms with van der Waals surface area (Å²) in [6, 6.07) is 14.1. The zero-order valence-electron chi connectivity index (χ0n) is 15.6. The Morgan fingerprint density at radius 1 is 0.929 bits per heavy atom. The second-order valence-electron chi connectivity index (χ2n) is 7.08. The number of anilines is 2. The quantitative estimate of drug-likeness (QED) is 0.660. The summed E-state index contributed by atoms with van der Waals surface area (Å²) >= 11 is 0. The molecule has 4 rings (SSSR count). The van der Waals surface area contributed by atoms with E-state index in [0.29, 0.717) is 5.69 Å². The Morgan fingerprint density at radius 2 is 1.64 bits per heavy atom. The molecule has 0 saturated carbocycles. The van der Waals surface area contributed by atoms with Crippen LogP contribution in [-0.2, 0) is 9.59 Å². The van der Waals surface area contributed by atoms with Gasteiger partial charge in [-0.3, -0.25) is 14.9 Å². The van der Waals surface area contributed by atoms with Crippen molar-refractivity contribution in [2.24, 2.45) is 0 Å². The van der Waals surface area contributed by atoms with E-state index in [-0.39, 0.29) is 5.57 Å². The third-order valence-corrected chi connectivity index (χ3v) is 5.04. The van der Waals surface area contributed by atoms with Crippen LogP contribution in [-0.4, -0.2) is 30.9 Å². The summed E-state index contributed by atoms with van der Waals surface area (Å²) in [5.41, 5.74) is 3.16. The van der Waals surface area contributed by atoms with Gasteiger partial charge in [-0.2, -0.15) is 0 Å². The van der Waals surface area contributed by atoms with E-state index >= 15 is 0 Å². The van der Waals surface area contributed by atoms with Crippen LogP contribution in [0, 0.1) is 6.92 Å². The lowest BCUT2D eigenvalue weighted by Crippen LogP contribution is -2.54. The predicted octanol–water partition coefficient (Wildman–Crippen LogP) is 3.26. The number of benzene rings is 2. The van der Waals surface area contributed by atoms with E-state index in [9.17, 15) is 14.4 Å². The normalized spacial score (nSPS) is 18.8. The number of imide groups is 2. The molecular formula is C22H21N3O3. The van der Waals surface area contributed by atoms with E-state index in [0.717, 1.165) is 34.8 Å². The fourth-order valence-corrected chi connectivity index (χ4v) is 3.58. The topological polar surface area (TPSA) is 69.7 Å². The molecule has 0 bridgehead atoms. The van der Waals surface area contributed by atoms with Crippen molar-refractivity contribution in [2.45, 2.75) is 19.8 Å². The number of carbonyl (C=O) groups is 3. The van der Waals surface area contributed by atoms with Gasteiger partial charge in [-0.1, -0.05) is 24.3 Å². The zero-order chi connectivity index (χ0) is 19.7. The number of nitrogens with one attached hydrogen (secondary N) is 1. The SMILES string of the molecule is Cc1cccc(N2C(=O)NC(=O)C(=Cc3ccc(N4CCCC4)cc3)C2=O)c1. The second kappa shape index (κ2) is 7.31. The molecule has 0 radical (unpaired) electrons. The Bertz CT molecular complexity index is 973. The smallest absolute Gasteiger partial charge is 0.335 e. The maximum atomic E-state index is 12.9. The lowest BCUT2D eigenvalue weighted by molar-refractivity contribution is -0.122. The van der Waals surface area contributed by atoms with Crippen LogP contribution in [0.2, 0.25) is 0 Å². The molecule has 0 atom stereocenters. The number of carbonyl (C=O) groups excluding carboxylic acids is 3. The number of amides is 4. The van der Waals surface area contributed by atoms with Gasteiger partial charge in [-0.05, 0) is 61.2 Å². The van der Waals surface area contributed by atoms with E-state index in [2.05, 4.69) is 10.2 Å². The molecule has 6 nitrogen and oxygen atoms in total. The molecule has 4 amide bonds. The number of rotatable bonds is 3. The van der Waals surface area contributed by atoms with Gasteiger partial charge in [0.2, 0.25) is 0 Å². The summed E-state index contributed by atoms with van der Waals surface area (Å²) < 4.78 is 0. The zero-order valence-corrected chi connectivity index (χ0v) is 15.6. The summed E-state index contributed by atoms with van der Waals surface area (Å²) in [5, 5.41) is 2.25. The van der Waals surface area contributed by atoms with Crippen molar-refractivity contribution < 1.29 is 14.4 Å². The van der Waals surface area contributed by atoms with Gasteiger partial charge < -0.3 is 4.90 Å². The van der Waals surface area contributed by atoms with Crippen LogP contribution in [0.5, 0.6) is 0 Å². The summed E-state index contributed by atoms with van der Waals surface area (Å²) in [6.07, 6.45) is 3.92. The molecule has 28 heavy (non-hydrogen) atoms. The number of nitrogens with zero attached hydrogens (tertiary/aromatic N) is 2. The average molecular weight is 375 g/mol. The standard InChI is InChI=1S/C22H21N3O3/c1-15-5-4-6-18(13-15)25-21(27)19(20(26)23-22(25)28)14-16-7-9-17(10-8-16)24-11-2-3-12-24/h4-10,13-14H,2-3,11-12H2,1H3,(H,23,26,28). The molecule has 2 aromatic carbocycles. The van der Waals surface area contributed by atoms with Gasteiger partial charge in [0.15, 0.2) is 0 Å². The van der Waals surface area contributed by atoms with Gasteiger partial charge in [-0.25, -0.2) is 9.69 Å². The molecule has 2 heterocycles. The molecule has 1 N–H and O–H groups in total. The highest BCUT2D eigenvalue weighted by atomic mass is 16.2. The minimum atomic E-state index is -0.734. The lowest BCUT2D eigenvalue weighted by Gasteiger charge is -2.26. The first-order chi connectivity index (χ1) is 13.5. The van der Waals surface area contributed by atoms with Crippen molar-refractivity contribution in [3.05, 3.63) is 65.2 Å². The number of aryl methyl sites for hydroxylation is 1. The Labute approximate surface area is 163 Å². The van der Waals surface area contributed by atoms with Gasteiger partial charge in [0.25, 0.3) is 11.8 Å². The van der Waals surface area contributed by atoms with E-state index in [1.165, 1.54) is 18.9 Å². The fraction of sp³-hybridized carbons (Fsp3) is 0.227. The molecule has 0 aliphatic carbocycles. The van der Waals surface area contributed by atoms with Gasteiger partial charge in [-0.15, -0.1) is 0 Å². The van der Waals surface area contributed by atoms with Crippen LogP contribution in [0.3, 0.4) is 0 Å². The van der Waals surface area contributed by atoms with Gasteiger partial charge in [0, 0.05) is 18.8 Å². The maximum Gasteiger partial charge on any atom is 0.335 e. The van der Waals surface area contributed by atoms with E-state index in [1.54, 1.807) is 18.2 Å². The highest BCUT2D eigenvalue weighted by Crippen LogP contribution is 2.24. The highest BCUT2D eigenvalue weighted by molar-refractivity contribution is 6.39. The largest absolute Gasteiger partial charge is 0.372 e. The minimum Gasteiger partial charge on any atom is -0.372 e. The monoisotopic (exact) mass is 375 g/mol. The van der Waals surface area contributed by atoms with Crippen LogP contribution in [0.15, 0.2) is 54.1 Å². The molecule has 0 unspecified atom stereocenters. The summed E-state index contributed by atoms with van der Waals surface area (Å²) in [4.78, 5) is 40.8. The molecule has 2 aliphatic rings. The molecule has 142 valence electrons. The Hall–Kier alpha value is -3.41. The van der Waals surface area contributed by atoms with Crippen molar-refractivity contribution in [1.29, 1.82) is 0 Å². The predicted molar refractivity (Wildman–Crippen MR) is 108 cm³/mol. The van der Waals surface area contributed by atoms with Crippen LogP contribution in [0.25, 0.3) is 6.08 Å². The first-order valence-electron chi connectivity index (χ1n) is 9.36. The van der Waals surface area contributed by atoms with Crippen molar-refractivity contribution in [3.63, 3.8) is 0 Å². The van der Waals surface area contributed by atoms with Crippen molar-refractivity contribution in [2.75, 3.05) is 22.9 Å². The van der Waals surface area contributed by atoms with Crippen molar-refractivity contribution in [1.82, 2.24) is 5.32 Å². The Kier molecular flexibility index (Phi) is 4.69. The number of barbiturate groups is 1. The van der Waals surface area contributed by atoms with Crippen molar-refractivity contribution >= 4 is 35.3 Å². The Morgan fingerprint density at radius 3 is 2.32 bits per heavy atom. The number of hydrogen-bond donors (Lipinski definition) is 1. The summed E-state index contributed by atoms with van der Waals surface area (Å²) in [6.45, 7) is 3.98. The molecule has 2 fully saturated rings. The van der Waals surface area contributed by atoms with E-state index in [1.807, 2.05) is 37.3 Å². The average Bonchev–Trinajstić information content (AvgIpc) is 3.20.